The number of nitrogens with one attached hydrogen (secondary N) is 1. The number of morpholine rings is 1. The minimum Gasteiger partial charge on any atom is -0.388 e. The Morgan fingerprint density at radius 2 is 2.21 bits per heavy atom. The van der Waals surface area contributed by atoms with E-state index in [0.717, 1.165) is 32.7 Å². The number of ether oxygens (including phenoxy) is 1. The van der Waals surface area contributed by atoms with Crippen molar-refractivity contribution in [2.75, 3.05) is 33.4 Å². The van der Waals surface area contributed by atoms with E-state index in [-0.39, 0.29) is 0 Å². The van der Waals surface area contributed by atoms with E-state index in [0.29, 0.717) is 6.04 Å². The molecule has 1 N–H and O–H groups in total. The van der Waals surface area contributed by atoms with Crippen molar-refractivity contribution in [2.45, 2.75) is 12.5 Å². The molecule has 3 nitrogen and oxygen atoms in total. The van der Waals surface area contributed by atoms with Crippen LogP contribution in [0.1, 0.15) is 6.42 Å². The number of rotatable bonds is 2. The maximum absolute atomic E-state index is 5.34. The zero-order valence-corrected chi connectivity index (χ0v) is 8.70. The first kappa shape index (κ1) is 9.74. The van der Waals surface area contributed by atoms with E-state index >= 15 is 0 Å². The van der Waals surface area contributed by atoms with Crippen LogP contribution in [-0.4, -0.2) is 44.3 Å². The minimum atomic E-state index is 0.580. The molecule has 0 amide bonds. The summed E-state index contributed by atoms with van der Waals surface area (Å²) >= 11 is 0. The molecular formula is C11H18N2O. The van der Waals surface area contributed by atoms with Crippen LogP contribution >= 0.6 is 0 Å². The molecule has 0 bridgehead atoms. The van der Waals surface area contributed by atoms with Crippen LogP contribution in [0, 0.1) is 0 Å². The third-order valence-electron chi connectivity index (χ3n) is 2.88. The summed E-state index contributed by atoms with van der Waals surface area (Å²) in [7, 11) is 1.96. The van der Waals surface area contributed by atoms with E-state index < -0.39 is 0 Å². The van der Waals surface area contributed by atoms with Crippen molar-refractivity contribution in [3.8, 4) is 0 Å². The van der Waals surface area contributed by atoms with Crippen LogP contribution in [0.25, 0.3) is 0 Å². The highest BCUT2D eigenvalue weighted by Crippen LogP contribution is 2.15. The molecule has 1 unspecified atom stereocenters. The number of allylic oxidation sites excluding steroid dienone is 1. The highest BCUT2D eigenvalue weighted by molar-refractivity contribution is 5.23. The lowest BCUT2D eigenvalue weighted by molar-refractivity contribution is 0.0259. The molecule has 1 saturated heterocycles. The Bertz CT molecular complexity index is 242. The van der Waals surface area contributed by atoms with Gasteiger partial charge in [0.25, 0.3) is 0 Å². The van der Waals surface area contributed by atoms with Crippen LogP contribution in [0.15, 0.2) is 23.9 Å². The SMILES string of the molecule is CNC1=CCC(N2CCOCC2)C=C1. The second kappa shape index (κ2) is 4.62. The van der Waals surface area contributed by atoms with Crippen molar-refractivity contribution in [1.82, 2.24) is 10.2 Å². The lowest BCUT2D eigenvalue weighted by Gasteiger charge is -2.33. The number of hydrogen-bond acceptors (Lipinski definition) is 3. The van der Waals surface area contributed by atoms with E-state index in [9.17, 15) is 0 Å². The lowest BCUT2D eigenvalue weighted by Crippen LogP contribution is -2.43. The number of hydrogen-bond donors (Lipinski definition) is 1. The normalized spacial score (nSPS) is 28.6. The van der Waals surface area contributed by atoms with Crippen molar-refractivity contribution >= 4 is 0 Å². The van der Waals surface area contributed by atoms with Gasteiger partial charge in [-0.25, -0.2) is 0 Å². The molecule has 3 heteroatoms. The van der Waals surface area contributed by atoms with Crippen molar-refractivity contribution < 1.29 is 4.74 Å². The molecule has 0 saturated carbocycles. The Hall–Kier alpha value is -0.800. The fourth-order valence-electron chi connectivity index (χ4n) is 1.97. The average Bonchev–Trinajstić information content (AvgIpc) is 2.30. The Morgan fingerprint density at radius 1 is 1.43 bits per heavy atom. The van der Waals surface area contributed by atoms with Gasteiger partial charge in [0.15, 0.2) is 0 Å². The first-order chi connectivity index (χ1) is 6.90. The van der Waals surface area contributed by atoms with Gasteiger partial charge in [-0.1, -0.05) is 12.2 Å². The quantitative estimate of drug-likeness (QED) is 0.702. The average molecular weight is 194 g/mol. The molecule has 1 aliphatic heterocycles. The Kier molecular flexibility index (Phi) is 3.22. The zero-order valence-electron chi connectivity index (χ0n) is 8.70. The number of likely N-dealkylation sites (N-methyl/N-ethyl adjacent to an activating group) is 1. The molecule has 0 spiro atoms. The molecule has 2 aliphatic rings. The van der Waals surface area contributed by atoms with Crippen LogP contribution in [0.4, 0.5) is 0 Å². The second-order valence-electron chi connectivity index (χ2n) is 3.72. The van der Waals surface area contributed by atoms with Crippen molar-refractivity contribution in [2.24, 2.45) is 0 Å². The van der Waals surface area contributed by atoms with E-state index in [1.54, 1.807) is 0 Å². The van der Waals surface area contributed by atoms with E-state index in [1.165, 1.54) is 5.70 Å². The van der Waals surface area contributed by atoms with Crippen LogP contribution in [0.5, 0.6) is 0 Å². The topological polar surface area (TPSA) is 24.5 Å². The molecule has 0 aromatic heterocycles. The van der Waals surface area contributed by atoms with Gasteiger partial charge < -0.3 is 10.1 Å². The van der Waals surface area contributed by atoms with Gasteiger partial charge in [-0.15, -0.1) is 0 Å². The highest BCUT2D eigenvalue weighted by Gasteiger charge is 2.19. The van der Waals surface area contributed by atoms with Gasteiger partial charge >= 0.3 is 0 Å². The fourth-order valence-corrected chi connectivity index (χ4v) is 1.97. The van der Waals surface area contributed by atoms with Gasteiger partial charge in [-0.2, -0.15) is 0 Å². The Balaban J connectivity index is 1.89. The largest absolute Gasteiger partial charge is 0.388 e. The summed E-state index contributed by atoms with van der Waals surface area (Å²) in [4.78, 5) is 2.49. The molecule has 1 atom stereocenters. The smallest absolute Gasteiger partial charge is 0.0594 e. The third-order valence-corrected chi connectivity index (χ3v) is 2.88. The second-order valence-corrected chi connectivity index (χ2v) is 3.72. The first-order valence-corrected chi connectivity index (χ1v) is 5.28. The van der Waals surface area contributed by atoms with Gasteiger partial charge in [0.1, 0.15) is 0 Å². The Labute approximate surface area is 85.4 Å². The Morgan fingerprint density at radius 3 is 2.79 bits per heavy atom. The summed E-state index contributed by atoms with van der Waals surface area (Å²) in [6.07, 6.45) is 7.84. The van der Waals surface area contributed by atoms with Gasteiger partial charge in [0.2, 0.25) is 0 Å². The predicted molar refractivity (Wildman–Crippen MR) is 57.1 cm³/mol. The molecule has 0 radical (unpaired) electrons. The minimum absolute atomic E-state index is 0.580. The molecular weight excluding hydrogens is 176 g/mol. The van der Waals surface area contributed by atoms with Crippen molar-refractivity contribution in [3.63, 3.8) is 0 Å². The molecule has 14 heavy (non-hydrogen) atoms. The van der Waals surface area contributed by atoms with Crippen LogP contribution in [-0.2, 0) is 4.74 Å². The van der Waals surface area contributed by atoms with Crippen LogP contribution in [0.3, 0.4) is 0 Å². The van der Waals surface area contributed by atoms with Gasteiger partial charge in [0.05, 0.1) is 13.2 Å². The van der Waals surface area contributed by atoms with Crippen molar-refractivity contribution in [3.05, 3.63) is 23.9 Å². The fraction of sp³-hybridized carbons (Fsp3) is 0.636. The molecule has 78 valence electrons. The molecule has 0 aromatic rings. The summed E-state index contributed by atoms with van der Waals surface area (Å²) in [5, 5.41) is 3.16. The van der Waals surface area contributed by atoms with Gasteiger partial charge in [-0.05, 0) is 12.5 Å². The highest BCUT2D eigenvalue weighted by atomic mass is 16.5. The molecule has 2 rings (SSSR count). The van der Waals surface area contributed by atoms with E-state index in [4.69, 9.17) is 4.74 Å². The maximum atomic E-state index is 5.34. The molecule has 1 aliphatic carbocycles. The standard InChI is InChI=1S/C11H18N2O/c1-12-10-2-4-11(5-3-10)13-6-8-14-9-7-13/h2-4,11-12H,5-9H2,1H3. The van der Waals surface area contributed by atoms with Gasteiger partial charge in [-0.3, -0.25) is 4.90 Å². The molecule has 1 fully saturated rings. The summed E-state index contributed by atoms with van der Waals surface area (Å²) in [6.45, 7) is 3.90. The molecule has 1 heterocycles. The third kappa shape index (κ3) is 2.16. The monoisotopic (exact) mass is 194 g/mol. The molecule has 0 aromatic carbocycles. The summed E-state index contributed by atoms with van der Waals surface area (Å²) in [6, 6.07) is 0.580. The van der Waals surface area contributed by atoms with Crippen LogP contribution in [0.2, 0.25) is 0 Å². The summed E-state index contributed by atoms with van der Waals surface area (Å²) in [5.74, 6) is 0. The zero-order chi connectivity index (χ0) is 9.80. The van der Waals surface area contributed by atoms with E-state index in [2.05, 4.69) is 28.4 Å². The predicted octanol–water partition coefficient (Wildman–Crippen LogP) is 0.750. The van der Waals surface area contributed by atoms with Gasteiger partial charge in [0, 0.05) is 31.9 Å². The lowest BCUT2D eigenvalue weighted by atomic mass is 10.0. The summed E-state index contributed by atoms with van der Waals surface area (Å²) < 4.78 is 5.34. The maximum Gasteiger partial charge on any atom is 0.0594 e. The number of nitrogens with zero attached hydrogens (tertiary/aromatic N) is 1. The first-order valence-electron chi connectivity index (χ1n) is 5.28. The van der Waals surface area contributed by atoms with E-state index in [1.807, 2.05) is 7.05 Å². The van der Waals surface area contributed by atoms with Crippen molar-refractivity contribution in [1.29, 1.82) is 0 Å². The van der Waals surface area contributed by atoms with Crippen LogP contribution < -0.4 is 5.32 Å². The summed E-state index contributed by atoms with van der Waals surface area (Å²) in [5.41, 5.74) is 1.23.